The summed E-state index contributed by atoms with van der Waals surface area (Å²) in [5.74, 6) is 6.34. The SMILES string of the molecule is C#CC1CCC2(CC1)CC2n1c(N2CCOC[C@H]2c2ccccc2)nc2nc(S(=O)CC)nc(NC3(C4CCC4)CC3)c21. The van der Waals surface area contributed by atoms with Crippen LogP contribution in [0.3, 0.4) is 0 Å². The van der Waals surface area contributed by atoms with Gasteiger partial charge in [0.25, 0.3) is 0 Å². The van der Waals surface area contributed by atoms with Crippen LogP contribution in [0.5, 0.6) is 0 Å². The van der Waals surface area contributed by atoms with Crippen molar-refractivity contribution in [3.63, 3.8) is 0 Å². The van der Waals surface area contributed by atoms with Crippen LogP contribution in [-0.4, -0.2) is 54.8 Å². The number of hydrogen-bond donors (Lipinski definition) is 1. The number of anilines is 2. The zero-order chi connectivity index (χ0) is 29.2. The van der Waals surface area contributed by atoms with E-state index in [9.17, 15) is 4.21 Å². The van der Waals surface area contributed by atoms with Gasteiger partial charge in [0.15, 0.2) is 11.5 Å². The highest BCUT2D eigenvalue weighted by Gasteiger charge is 2.58. The molecule has 2 aromatic heterocycles. The van der Waals surface area contributed by atoms with Crippen LogP contribution in [0.15, 0.2) is 35.5 Å². The third-order valence-corrected chi connectivity index (χ3v) is 12.4. The van der Waals surface area contributed by atoms with Crippen LogP contribution in [0, 0.1) is 29.6 Å². The van der Waals surface area contributed by atoms with Gasteiger partial charge in [-0.1, -0.05) is 43.7 Å². The molecule has 1 N–H and O–H groups in total. The van der Waals surface area contributed by atoms with Gasteiger partial charge in [-0.15, -0.1) is 12.3 Å². The van der Waals surface area contributed by atoms with E-state index in [4.69, 9.17) is 26.1 Å². The number of morpholine rings is 1. The number of benzene rings is 1. The van der Waals surface area contributed by atoms with Crippen molar-refractivity contribution < 1.29 is 8.95 Å². The smallest absolute Gasteiger partial charge is 0.222 e. The van der Waals surface area contributed by atoms with Crippen LogP contribution < -0.4 is 10.2 Å². The maximum atomic E-state index is 13.2. The summed E-state index contributed by atoms with van der Waals surface area (Å²) in [5.41, 5.74) is 3.19. The molecule has 4 aliphatic carbocycles. The molecule has 1 spiro atoms. The molecule has 9 heteroatoms. The van der Waals surface area contributed by atoms with Crippen LogP contribution in [0.4, 0.5) is 11.8 Å². The summed E-state index contributed by atoms with van der Waals surface area (Å²) in [6.07, 6.45) is 17.6. The first kappa shape index (κ1) is 27.6. The van der Waals surface area contributed by atoms with Gasteiger partial charge in [-0.3, -0.25) is 4.21 Å². The molecule has 0 radical (unpaired) electrons. The van der Waals surface area contributed by atoms with Crippen molar-refractivity contribution in [3.05, 3.63) is 35.9 Å². The molecule has 4 saturated carbocycles. The number of ether oxygens (including phenoxy) is 1. The Balaban J connectivity index is 1.29. The van der Waals surface area contributed by atoms with Gasteiger partial charge in [-0.25, -0.2) is 4.98 Å². The number of aromatic nitrogens is 4. The van der Waals surface area contributed by atoms with E-state index in [-0.39, 0.29) is 17.0 Å². The fourth-order valence-electron chi connectivity index (χ4n) is 8.14. The molecule has 0 bridgehead atoms. The second-order valence-corrected chi connectivity index (χ2v) is 15.2. The first-order valence-electron chi connectivity index (χ1n) is 16.4. The number of rotatable bonds is 8. The summed E-state index contributed by atoms with van der Waals surface area (Å²) in [7, 11) is -1.28. The van der Waals surface area contributed by atoms with Crippen molar-refractivity contribution in [3.8, 4) is 12.3 Å². The van der Waals surface area contributed by atoms with Crippen LogP contribution in [0.25, 0.3) is 11.2 Å². The number of fused-ring (bicyclic) bond motifs is 1. The van der Waals surface area contributed by atoms with Gasteiger partial charge in [-0.05, 0) is 74.7 Å². The molecular formula is C34H42N6O2S. The van der Waals surface area contributed by atoms with Crippen LogP contribution in [-0.2, 0) is 15.5 Å². The van der Waals surface area contributed by atoms with Crippen LogP contribution in [0.1, 0.15) is 88.8 Å². The van der Waals surface area contributed by atoms with E-state index in [1.54, 1.807) is 0 Å². The zero-order valence-electron chi connectivity index (χ0n) is 25.1. The minimum absolute atomic E-state index is 0.0516. The van der Waals surface area contributed by atoms with Crippen molar-refractivity contribution in [2.45, 2.75) is 93.9 Å². The van der Waals surface area contributed by atoms with Crippen LogP contribution in [0.2, 0.25) is 0 Å². The van der Waals surface area contributed by atoms with Gasteiger partial charge in [0.2, 0.25) is 11.1 Å². The second-order valence-electron chi connectivity index (χ2n) is 13.6. The number of imidazole rings is 1. The van der Waals surface area contributed by atoms with Crippen molar-refractivity contribution >= 4 is 33.7 Å². The number of nitrogens with one attached hydrogen (secondary N) is 1. The Bertz CT molecular complexity index is 1580. The highest BCUT2D eigenvalue weighted by Crippen LogP contribution is 2.66. The quantitative estimate of drug-likeness (QED) is 0.250. The first-order valence-corrected chi connectivity index (χ1v) is 17.7. The Morgan fingerprint density at radius 2 is 1.88 bits per heavy atom. The molecule has 1 aromatic carbocycles. The standard InChI is InChI=1S/C34H42N6O2S/c1-3-23-13-15-33(16-14-23)21-27(33)40-28-29(37-32(40)39-19-20-42-22-26(39)24-9-6-5-7-10-24)35-31(43(41)4-2)36-30(28)38-34(17-18-34)25-11-8-12-25/h1,5-7,9-10,23,25-27H,4,8,11-22H2,2H3,(H,35,36,38)/t23?,26-,27?,33?,43?/m0/s1. The molecule has 1 aliphatic heterocycles. The van der Waals surface area contributed by atoms with Gasteiger partial charge in [-0.2, -0.15) is 9.97 Å². The number of hydrogen-bond acceptors (Lipinski definition) is 7. The van der Waals surface area contributed by atoms with Crippen molar-refractivity contribution in [2.75, 3.05) is 35.7 Å². The second kappa shape index (κ2) is 10.6. The monoisotopic (exact) mass is 598 g/mol. The lowest BCUT2D eigenvalue weighted by Crippen LogP contribution is -2.41. The van der Waals surface area contributed by atoms with E-state index < -0.39 is 10.8 Å². The topological polar surface area (TPSA) is 85.2 Å². The fraction of sp³-hybridized carbons (Fsp3) is 0.618. The van der Waals surface area contributed by atoms with Crippen molar-refractivity contribution in [1.29, 1.82) is 0 Å². The molecule has 8 nitrogen and oxygen atoms in total. The number of nitrogens with zero attached hydrogens (tertiary/aromatic N) is 5. The van der Waals surface area contributed by atoms with Gasteiger partial charge in [0, 0.05) is 29.8 Å². The normalized spacial score (nSPS) is 30.5. The Morgan fingerprint density at radius 1 is 1.09 bits per heavy atom. The molecule has 0 amide bonds. The van der Waals surface area contributed by atoms with Crippen molar-refractivity contribution in [2.24, 2.45) is 17.3 Å². The third-order valence-electron chi connectivity index (χ3n) is 11.3. The molecule has 8 rings (SSSR count). The van der Waals surface area contributed by atoms with E-state index in [2.05, 4.69) is 51.0 Å². The molecule has 3 aromatic rings. The summed E-state index contributed by atoms with van der Waals surface area (Å²) in [6.45, 7) is 3.94. The molecule has 3 atom stereocenters. The largest absolute Gasteiger partial charge is 0.377 e. The summed E-state index contributed by atoms with van der Waals surface area (Å²) < 4.78 is 21.7. The minimum Gasteiger partial charge on any atom is -0.377 e. The Labute approximate surface area is 256 Å². The maximum Gasteiger partial charge on any atom is 0.222 e. The molecule has 2 unspecified atom stereocenters. The maximum absolute atomic E-state index is 13.2. The molecule has 5 aliphatic rings. The van der Waals surface area contributed by atoms with Gasteiger partial charge < -0.3 is 19.5 Å². The van der Waals surface area contributed by atoms with E-state index >= 15 is 0 Å². The molecular weight excluding hydrogens is 556 g/mol. The Morgan fingerprint density at radius 3 is 2.56 bits per heavy atom. The van der Waals surface area contributed by atoms with Gasteiger partial charge >= 0.3 is 0 Å². The molecule has 226 valence electrons. The Kier molecular flexibility index (Phi) is 6.79. The molecule has 43 heavy (non-hydrogen) atoms. The minimum atomic E-state index is -1.28. The predicted octanol–water partition coefficient (Wildman–Crippen LogP) is 6.03. The van der Waals surface area contributed by atoms with Gasteiger partial charge in [0.1, 0.15) is 5.52 Å². The van der Waals surface area contributed by atoms with E-state index in [0.29, 0.717) is 47.6 Å². The van der Waals surface area contributed by atoms with E-state index in [1.807, 2.05) is 6.92 Å². The third kappa shape index (κ3) is 4.67. The van der Waals surface area contributed by atoms with Crippen LogP contribution >= 0.6 is 0 Å². The van der Waals surface area contributed by atoms with E-state index in [1.165, 1.54) is 24.8 Å². The Hall–Kier alpha value is -2.96. The highest BCUT2D eigenvalue weighted by molar-refractivity contribution is 7.84. The summed E-state index contributed by atoms with van der Waals surface area (Å²) in [6, 6.07) is 11.0. The highest BCUT2D eigenvalue weighted by atomic mass is 32.2. The average molecular weight is 599 g/mol. The first-order chi connectivity index (χ1) is 21.0. The zero-order valence-corrected chi connectivity index (χ0v) is 26.0. The molecule has 3 heterocycles. The van der Waals surface area contributed by atoms with Gasteiger partial charge in [0.05, 0.1) is 30.1 Å². The lowest BCUT2D eigenvalue weighted by Gasteiger charge is -2.37. The van der Waals surface area contributed by atoms with Crippen molar-refractivity contribution in [1.82, 2.24) is 19.5 Å². The summed E-state index contributed by atoms with van der Waals surface area (Å²) in [5, 5.41) is 4.36. The van der Waals surface area contributed by atoms with E-state index in [0.717, 1.165) is 68.8 Å². The predicted molar refractivity (Wildman–Crippen MR) is 169 cm³/mol. The number of terminal acetylenes is 1. The molecule has 1 saturated heterocycles. The average Bonchev–Trinajstić information content (AvgIpc) is 3.90. The lowest BCUT2D eigenvalue weighted by atomic mass is 9.78. The summed E-state index contributed by atoms with van der Waals surface area (Å²) >= 11 is 0. The molecule has 5 fully saturated rings. The summed E-state index contributed by atoms with van der Waals surface area (Å²) in [4.78, 5) is 17.7. The lowest BCUT2D eigenvalue weighted by molar-refractivity contribution is 0.0928. The fourth-order valence-corrected chi connectivity index (χ4v) is 8.78.